The lowest BCUT2D eigenvalue weighted by Crippen LogP contribution is -2.36. The third-order valence-electron chi connectivity index (χ3n) is 3.25. The molecule has 7 nitrogen and oxygen atoms in total. The smallest absolute Gasteiger partial charge is 0.271 e. The van der Waals surface area contributed by atoms with Crippen LogP contribution < -0.4 is 10.6 Å². The SMILES string of the molecule is COCCCC(=O)NCC[C@H](C)NC(=O)c1nc(C)[nH]c1C. The molecule has 1 aromatic rings. The molecule has 2 amide bonds. The number of carbonyl (C=O) groups is 2. The number of hydrogen-bond donors (Lipinski definition) is 3. The Morgan fingerprint density at radius 1 is 1.36 bits per heavy atom. The van der Waals surface area contributed by atoms with Crippen LogP contribution in [0.3, 0.4) is 0 Å². The molecule has 1 heterocycles. The van der Waals surface area contributed by atoms with Crippen molar-refractivity contribution in [2.45, 2.75) is 46.1 Å². The molecule has 7 heteroatoms. The summed E-state index contributed by atoms with van der Waals surface area (Å²) >= 11 is 0. The Kier molecular flexibility index (Phi) is 7.59. The van der Waals surface area contributed by atoms with Crippen LogP contribution in [0, 0.1) is 13.8 Å². The highest BCUT2D eigenvalue weighted by Gasteiger charge is 2.15. The number of nitrogens with one attached hydrogen (secondary N) is 3. The standard InChI is InChI=1S/C15H26N4O3/c1-10(7-8-16-13(20)6-5-9-22-4)17-15(21)14-11(2)18-12(3)19-14/h10H,5-9H2,1-4H3,(H,16,20)(H,17,21)(H,18,19)/t10-/m0/s1. The quantitative estimate of drug-likeness (QED) is 0.595. The maximum atomic E-state index is 12.1. The van der Waals surface area contributed by atoms with E-state index in [1.54, 1.807) is 7.11 Å². The Morgan fingerprint density at radius 3 is 2.68 bits per heavy atom. The molecule has 0 saturated carbocycles. The molecule has 0 bridgehead atoms. The van der Waals surface area contributed by atoms with Crippen molar-refractivity contribution in [3.8, 4) is 0 Å². The molecule has 124 valence electrons. The first kappa shape index (κ1) is 18.2. The molecule has 0 aliphatic carbocycles. The minimum absolute atomic E-state index is 0.00865. The van der Waals surface area contributed by atoms with E-state index in [1.807, 2.05) is 20.8 Å². The summed E-state index contributed by atoms with van der Waals surface area (Å²) < 4.78 is 4.90. The van der Waals surface area contributed by atoms with Crippen LogP contribution in [-0.4, -0.2) is 48.1 Å². The van der Waals surface area contributed by atoms with E-state index in [1.165, 1.54) is 0 Å². The molecule has 1 rings (SSSR count). The first-order valence-electron chi connectivity index (χ1n) is 7.53. The lowest BCUT2D eigenvalue weighted by atomic mass is 10.2. The molecule has 0 aromatic carbocycles. The number of amides is 2. The van der Waals surface area contributed by atoms with Crippen molar-refractivity contribution in [3.05, 3.63) is 17.2 Å². The minimum atomic E-state index is -0.194. The van der Waals surface area contributed by atoms with E-state index in [4.69, 9.17) is 4.74 Å². The van der Waals surface area contributed by atoms with Gasteiger partial charge in [0.25, 0.3) is 5.91 Å². The zero-order chi connectivity index (χ0) is 16.5. The van der Waals surface area contributed by atoms with E-state index in [2.05, 4.69) is 20.6 Å². The lowest BCUT2D eigenvalue weighted by Gasteiger charge is -2.13. The van der Waals surface area contributed by atoms with Gasteiger partial charge in [-0.25, -0.2) is 4.98 Å². The zero-order valence-electron chi connectivity index (χ0n) is 13.8. The number of rotatable bonds is 9. The number of imidazole rings is 1. The molecule has 0 radical (unpaired) electrons. The second-order valence-corrected chi connectivity index (χ2v) is 5.41. The molecule has 22 heavy (non-hydrogen) atoms. The molecule has 0 saturated heterocycles. The van der Waals surface area contributed by atoms with Gasteiger partial charge in [-0.15, -0.1) is 0 Å². The third kappa shape index (κ3) is 6.26. The van der Waals surface area contributed by atoms with Crippen LogP contribution in [0.2, 0.25) is 0 Å². The molecule has 0 aliphatic rings. The molecule has 1 aromatic heterocycles. The molecular weight excluding hydrogens is 284 g/mol. The largest absolute Gasteiger partial charge is 0.385 e. The highest BCUT2D eigenvalue weighted by Crippen LogP contribution is 2.04. The van der Waals surface area contributed by atoms with Crippen LogP contribution in [0.1, 0.15) is 48.2 Å². The van der Waals surface area contributed by atoms with E-state index in [0.717, 1.165) is 11.5 Å². The first-order chi connectivity index (χ1) is 10.4. The molecule has 0 spiro atoms. The molecular formula is C15H26N4O3. The Bertz CT molecular complexity index is 499. The second-order valence-electron chi connectivity index (χ2n) is 5.41. The van der Waals surface area contributed by atoms with Gasteiger partial charge in [-0.2, -0.15) is 0 Å². The van der Waals surface area contributed by atoms with Gasteiger partial charge in [-0.1, -0.05) is 0 Å². The first-order valence-corrected chi connectivity index (χ1v) is 7.53. The summed E-state index contributed by atoms with van der Waals surface area (Å²) in [5.41, 5.74) is 1.18. The van der Waals surface area contributed by atoms with Gasteiger partial charge in [-0.05, 0) is 33.6 Å². The summed E-state index contributed by atoms with van der Waals surface area (Å²) in [7, 11) is 1.62. The van der Waals surface area contributed by atoms with E-state index in [-0.39, 0.29) is 17.9 Å². The molecule has 0 fully saturated rings. The predicted octanol–water partition coefficient (Wildman–Crippen LogP) is 1.08. The molecule has 0 aliphatic heterocycles. The second kappa shape index (κ2) is 9.19. The van der Waals surface area contributed by atoms with Crippen molar-refractivity contribution >= 4 is 11.8 Å². The number of aryl methyl sites for hydroxylation is 2. The third-order valence-corrected chi connectivity index (χ3v) is 3.25. The average Bonchev–Trinajstić information content (AvgIpc) is 2.78. The fraction of sp³-hybridized carbons (Fsp3) is 0.667. The monoisotopic (exact) mass is 310 g/mol. The highest BCUT2D eigenvalue weighted by atomic mass is 16.5. The van der Waals surface area contributed by atoms with Crippen LogP contribution in [0.15, 0.2) is 0 Å². The van der Waals surface area contributed by atoms with E-state index < -0.39 is 0 Å². The van der Waals surface area contributed by atoms with Crippen LogP contribution in [0.5, 0.6) is 0 Å². The van der Waals surface area contributed by atoms with Crippen molar-refractivity contribution in [1.82, 2.24) is 20.6 Å². The highest BCUT2D eigenvalue weighted by molar-refractivity contribution is 5.93. The van der Waals surface area contributed by atoms with Crippen LogP contribution in [0.4, 0.5) is 0 Å². The van der Waals surface area contributed by atoms with Gasteiger partial charge < -0.3 is 20.4 Å². The van der Waals surface area contributed by atoms with Crippen molar-refractivity contribution < 1.29 is 14.3 Å². The maximum Gasteiger partial charge on any atom is 0.271 e. The predicted molar refractivity (Wildman–Crippen MR) is 83.7 cm³/mol. The van der Waals surface area contributed by atoms with Gasteiger partial charge in [0.1, 0.15) is 11.5 Å². The number of methoxy groups -OCH3 is 1. The Balaban J connectivity index is 2.26. The summed E-state index contributed by atoms with van der Waals surface area (Å²) in [6, 6.07) is -0.0387. The fourth-order valence-electron chi connectivity index (χ4n) is 2.09. The van der Waals surface area contributed by atoms with E-state index in [9.17, 15) is 9.59 Å². The normalized spacial score (nSPS) is 12.0. The number of H-pyrrole nitrogens is 1. The lowest BCUT2D eigenvalue weighted by molar-refractivity contribution is -0.121. The van der Waals surface area contributed by atoms with Gasteiger partial charge in [0.05, 0.1) is 0 Å². The van der Waals surface area contributed by atoms with Crippen LogP contribution in [0.25, 0.3) is 0 Å². The van der Waals surface area contributed by atoms with Crippen molar-refractivity contribution in [2.24, 2.45) is 0 Å². The number of aromatic amines is 1. The van der Waals surface area contributed by atoms with Gasteiger partial charge >= 0.3 is 0 Å². The van der Waals surface area contributed by atoms with Crippen molar-refractivity contribution in [3.63, 3.8) is 0 Å². The molecule has 0 unspecified atom stereocenters. The van der Waals surface area contributed by atoms with Gasteiger partial charge in [0.2, 0.25) is 5.91 Å². The van der Waals surface area contributed by atoms with Gasteiger partial charge in [-0.3, -0.25) is 9.59 Å². The fourth-order valence-corrected chi connectivity index (χ4v) is 2.09. The van der Waals surface area contributed by atoms with Gasteiger partial charge in [0.15, 0.2) is 0 Å². The zero-order valence-corrected chi connectivity index (χ0v) is 13.8. The summed E-state index contributed by atoms with van der Waals surface area (Å²) in [6.07, 6.45) is 1.84. The van der Waals surface area contributed by atoms with E-state index in [0.29, 0.717) is 38.1 Å². The van der Waals surface area contributed by atoms with Crippen LogP contribution >= 0.6 is 0 Å². The Hall–Kier alpha value is -1.89. The Morgan fingerprint density at radius 2 is 2.09 bits per heavy atom. The summed E-state index contributed by atoms with van der Waals surface area (Å²) in [5, 5.41) is 5.72. The molecule has 1 atom stereocenters. The summed E-state index contributed by atoms with van der Waals surface area (Å²) in [6.45, 7) is 6.66. The van der Waals surface area contributed by atoms with Crippen molar-refractivity contribution in [1.29, 1.82) is 0 Å². The number of carbonyl (C=O) groups excluding carboxylic acids is 2. The maximum absolute atomic E-state index is 12.1. The topological polar surface area (TPSA) is 96.1 Å². The number of ether oxygens (including phenoxy) is 1. The summed E-state index contributed by atoms with van der Waals surface area (Å²) in [4.78, 5) is 30.8. The molecule has 3 N–H and O–H groups in total. The van der Waals surface area contributed by atoms with Gasteiger partial charge in [0, 0.05) is 38.4 Å². The minimum Gasteiger partial charge on any atom is -0.385 e. The average molecular weight is 310 g/mol. The number of hydrogen-bond acceptors (Lipinski definition) is 4. The number of nitrogens with zero attached hydrogens (tertiary/aromatic N) is 1. The van der Waals surface area contributed by atoms with Crippen LogP contribution in [-0.2, 0) is 9.53 Å². The summed E-state index contributed by atoms with van der Waals surface area (Å²) in [5.74, 6) is 0.536. The van der Waals surface area contributed by atoms with Crippen molar-refractivity contribution in [2.75, 3.05) is 20.3 Å². The van der Waals surface area contributed by atoms with E-state index >= 15 is 0 Å². The number of aromatic nitrogens is 2. The Labute approximate surface area is 131 Å².